The van der Waals surface area contributed by atoms with Crippen LogP contribution < -0.4 is 5.32 Å². The first-order valence-electron chi connectivity index (χ1n) is 5.67. The fraction of sp³-hybridized carbons (Fsp3) is 0.636. The summed E-state index contributed by atoms with van der Waals surface area (Å²) in [6.45, 7) is 7.03. The molecule has 1 aromatic heterocycles. The van der Waals surface area contributed by atoms with Crippen molar-refractivity contribution in [3.8, 4) is 0 Å². The van der Waals surface area contributed by atoms with Crippen molar-refractivity contribution in [3.05, 3.63) is 22.7 Å². The van der Waals surface area contributed by atoms with E-state index in [1.165, 1.54) is 6.42 Å². The molecule has 16 heavy (non-hydrogen) atoms. The van der Waals surface area contributed by atoms with Crippen molar-refractivity contribution in [1.29, 1.82) is 0 Å². The summed E-state index contributed by atoms with van der Waals surface area (Å²) in [4.78, 5) is 11.0. The lowest BCUT2D eigenvalue weighted by Crippen LogP contribution is -2.28. The van der Waals surface area contributed by atoms with Gasteiger partial charge in [0.15, 0.2) is 0 Å². The van der Waals surface area contributed by atoms with E-state index in [2.05, 4.69) is 20.2 Å². The smallest absolute Gasteiger partial charge is 0.144 e. The maximum atomic E-state index is 5.92. The molecular formula is C11H17ClN4. The van der Waals surface area contributed by atoms with E-state index in [-0.39, 0.29) is 0 Å². The van der Waals surface area contributed by atoms with Gasteiger partial charge in [0, 0.05) is 18.8 Å². The molecule has 1 N–H and O–H groups in total. The zero-order valence-corrected chi connectivity index (χ0v) is 10.3. The normalized spacial score (nSPS) is 18.4. The molecule has 2 rings (SSSR count). The fourth-order valence-corrected chi connectivity index (χ4v) is 2.17. The van der Waals surface area contributed by atoms with Gasteiger partial charge in [0.2, 0.25) is 0 Å². The average molecular weight is 241 g/mol. The number of hydrogen-bond donors (Lipinski definition) is 1. The van der Waals surface area contributed by atoms with Gasteiger partial charge >= 0.3 is 0 Å². The van der Waals surface area contributed by atoms with Gasteiger partial charge in [-0.15, -0.1) is 0 Å². The standard InChI is InChI=1S/C11H17ClN4/c1-9-7-10(12)15-11(14-9)8-16-5-2-3-13-4-6-16/h7,13H,2-6,8H2,1H3. The highest BCUT2D eigenvalue weighted by Gasteiger charge is 2.11. The van der Waals surface area contributed by atoms with Gasteiger partial charge in [0.05, 0.1) is 6.54 Å². The molecular weight excluding hydrogens is 224 g/mol. The first kappa shape index (κ1) is 11.8. The highest BCUT2D eigenvalue weighted by atomic mass is 35.5. The fourth-order valence-electron chi connectivity index (χ4n) is 1.92. The number of aromatic nitrogens is 2. The first-order chi connectivity index (χ1) is 7.74. The molecule has 1 aliphatic rings. The molecule has 0 saturated carbocycles. The lowest BCUT2D eigenvalue weighted by atomic mass is 10.3. The molecule has 1 aliphatic heterocycles. The summed E-state index contributed by atoms with van der Waals surface area (Å²) in [6, 6.07) is 1.79. The molecule has 5 heteroatoms. The minimum Gasteiger partial charge on any atom is -0.315 e. The van der Waals surface area contributed by atoms with Gasteiger partial charge in [-0.3, -0.25) is 4.90 Å². The molecule has 4 nitrogen and oxygen atoms in total. The summed E-state index contributed by atoms with van der Waals surface area (Å²) in [7, 11) is 0. The predicted octanol–water partition coefficient (Wildman–Crippen LogP) is 1.23. The second kappa shape index (κ2) is 5.57. The maximum absolute atomic E-state index is 5.92. The van der Waals surface area contributed by atoms with Crippen LogP contribution >= 0.6 is 11.6 Å². The van der Waals surface area contributed by atoms with Gasteiger partial charge < -0.3 is 5.32 Å². The van der Waals surface area contributed by atoms with Crippen molar-refractivity contribution >= 4 is 11.6 Å². The molecule has 0 aromatic carbocycles. The Balaban J connectivity index is 2.01. The van der Waals surface area contributed by atoms with E-state index >= 15 is 0 Å². The van der Waals surface area contributed by atoms with Crippen molar-refractivity contribution in [1.82, 2.24) is 20.2 Å². The van der Waals surface area contributed by atoms with Gasteiger partial charge in [0.25, 0.3) is 0 Å². The second-order valence-corrected chi connectivity index (χ2v) is 4.52. The molecule has 0 aliphatic carbocycles. The zero-order valence-electron chi connectivity index (χ0n) is 9.54. The highest BCUT2D eigenvalue weighted by Crippen LogP contribution is 2.08. The van der Waals surface area contributed by atoms with Crippen molar-refractivity contribution < 1.29 is 0 Å². The molecule has 0 radical (unpaired) electrons. The molecule has 1 aromatic rings. The van der Waals surface area contributed by atoms with Crippen LogP contribution in [0, 0.1) is 6.92 Å². The van der Waals surface area contributed by atoms with E-state index in [9.17, 15) is 0 Å². The van der Waals surface area contributed by atoms with Crippen LogP contribution in [0.1, 0.15) is 17.9 Å². The minimum absolute atomic E-state index is 0.537. The van der Waals surface area contributed by atoms with Gasteiger partial charge in [-0.2, -0.15) is 0 Å². The summed E-state index contributed by atoms with van der Waals surface area (Å²) < 4.78 is 0. The second-order valence-electron chi connectivity index (χ2n) is 4.13. The third-order valence-electron chi connectivity index (χ3n) is 2.67. The number of halogens is 1. The van der Waals surface area contributed by atoms with Crippen LogP contribution in [0.15, 0.2) is 6.07 Å². The van der Waals surface area contributed by atoms with Crippen molar-refractivity contribution in [3.63, 3.8) is 0 Å². The van der Waals surface area contributed by atoms with E-state index < -0.39 is 0 Å². The Morgan fingerprint density at radius 2 is 2.25 bits per heavy atom. The molecule has 2 heterocycles. The quantitative estimate of drug-likeness (QED) is 0.790. The van der Waals surface area contributed by atoms with Crippen LogP contribution in [-0.2, 0) is 6.54 Å². The third-order valence-corrected chi connectivity index (χ3v) is 2.86. The summed E-state index contributed by atoms with van der Waals surface area (Å²) in [5, 5.41) is 3.91. The molecule has 0 bridgehead atoms. The Kier molecular flexibility index (Phi) is 4.09. The van der Waals surface area contributed by atoms with Crippen LogP contribution in [0.4, 0.5) is 0 Å². The molecule has 0 spiro atoms. The Bertz CT molecular complexity index is 328. The van der Waals surface area contributed by atoms with Crippen molar-refractivity contribution in [2.45, 2.75) is 19.9 Å². The number of hydrogen-bond acceptors (Lipinski definition) is 4. The summed E-state index contributed by atoms with van der Waals surface area (Å²) >= 11 is 5.92. The van der Waals surface area contributed by atoms with E-state index in [0.29, 0.717) is 5.15 Å². The molecule has 1 saturated heterocycles. The molecule has 0 atom stereocenters. The molecule has 88 valence electrons. The van der Waals surface area contributed by atoms with Crippen LogP contribution in [0.2, 0.25) is 5.15 Å². The molecule has 0 unspecified atom stereocenters. The summed E-state index contributed by atoms with van der Waals surface area (Å²) in [6.07, 6.45) is 1.18. The predicted molar refractivity (Wildman–Crippen MR) is 64.5 cm³/mol. The largest absolute Gasteiger partial charge is 0.315 e. The molecule has 1 fully saturated rings. The van der Waals surface area contributed by atoms with E-state index in [0.717, 1.165) is 44.2 Å². The van der Waals surface area contributed by atoms with Crippen LogP contribution in [0.25, 0.3) is 0 Å². The summed E-state index contributed by atoms with van der Waals surface area (Å²) in [5.41, 5.74) is 0.933. The number of aryl methyl sites for hydroxylation is 1. The first-order valence-corrected chi connectivity index (χ1v) is 6.05. The summed E-state index contributed by atoms with van der Waals surface area (Å²) in [5.74, 6) is 0.826. The lowest BCUT2D eigenvalue weighted by Gasteiger charge is -2.18. The van der Waals surface area contributed by atoms with Gasteiger partial charge in [-0.05, 0) is 32.5 Å². The van der Waals surface area contributed by atoms with Crippen LogP contribution in [-0.4, -0.2) is 41.0 Å². The van der Waals surface area contributed by atoms with Gasteiger partial charge in [-0.25, -0.2) is 9.97 Å². The van der Waals surface area contributed by atoms with Crippen LogP contribution in [0.3, 0.4) is 0 Å². The molecule has 0 amide bonds. The minimum atomic E-state index is 0.537. The lowest BCUT2D eigenvalue weighted by molar-refractivity contribution is 0.277. The van der Waals surface area contributed by atoms with E-state index in [1.807, 2.05) is 6.92 Å². The van der Waals surface area contributed by atoms with Gasteiger partial charge in [-0.1, -0.05) is 11.6 Å². The number of rotatable bonds is 2. The third kappa shape index (κ3) is 3.40. The van der Waals surface area contributed by atoms with Crippen molar-refractivity contribution in [2.24, 2.45) is 0 Å². The Morgan fingerprint density at radius 3 is 3.06 bits per heavy atom. The SMILES string of the molecule is Cc1cc(Cl)nc(CN2CCCNCC2)n1. The Hall–Kier alpha value is -0.710. The maximum Gasteiger partial charge on any atom is 0.144 e. The van der Waals surface area contributed by atoms with E-state index in [1.54, 1.807) is 6.07 Å². The van der Waals surface area contributed by atoms with Crippen molar-refractivity contribution in [2.75, 3.05) is 26.2 Å². The van der Waals surface area contributed by atoms with Gasteiger partial charge in [0.1, 0.15) is 11.0 Å². The highest BCUT2D eigenvalue weighted by molar-refractivity contribution is 6.29. The topological polar surface area (TPSA) is 41.1 Å². The number of nitrogens with one attached hydrogen (secondary N) is 1. The Labute approximate surface area is 101 Å². The average Bonchev–Trinajstić information content (AvgIpc) is 2.44. The van der Waals surface area contributed by atoms with Crippen LogP contribution in [0.5, 0.6) is 0 Å². The number of nitrogens with zero attached hydrogens (tertiary/aromatic N) is 3. The zero-order chi connectivity index (χ0) is 11.4. The monoisotopic (exact) mass is 240 g/mol. The van der Waals surface area contributed by atoms with E-state index in [4.69, 9.17) is 11.6 Å². The Morgan fingerprint density at radius 1 is 1.38 bits per heavy atom.